The predicted octanol–water partition coefficient (Wildman–Crippen LogP) is -0.384. The van der Waals surface area contributed by atoms with Gasteiger partial charge in [0.05, 0.1) is 19.1 Å². The van der Waals surface area contributed by atoms with Gasteiger partial charge in [-0.25, -0.2) is 0 Å². The fourth-order valence-electron chi connectivity index (χ4n) is 3.57. The van der Waals surface area contributed by atoms with Gasteiger partial charge in [0.1, 0.15) is 17.7 Å². The van der Waals surface area contributed by atoms with Crippen molar-refractivity contribution in [3.8, 4) is 0 Å². The molecule has 0 aliphatic carbocycles. The monoisotopic (exact) mass is 283 g/mol. The Morgan fingerprint density at radius 1 is 1.40 bits per heavy atom. The standard InChI is InChI=1S/C13H17NO6/c15-9(16)5-13-7(6-14-11(13)12(17)18)10-8(20-13)3-1-2-4-19-10/h1,3,7-8,10-11,14H,2,4-6H2,(H,15,16)(H,17,18)/t7-,8-,10-,11-,13+/m0/s1. The number of nitrogens with one attached hydrogen (secondary N) is 1. The molecule has 3 rings (SSSR count). The average Bonchev–Trinajstić information content (AvgIpc) is 2.72. The lowest BCUT2D eigenvalue weighted by atomic mass is 9.81. The number of carboxylic acids is 2. The second-order valence-corrected chi connectivity index (χ2v) is 5.45. The smallest absolute Gasteiger partial charge is 0.323 e. The Bertz CT molecular complexity index is 464. The van der Waals surface area contributed by atoms with Crippen LogP contribution in [0.5, 0.6) is 0 Å². The van der Waals surface area contributed by atoms with E-state index < -0.39 is 23.6 Å². The minimum Gasteiger partial charge on any atom is -0.481 e. The van der Waals surface area contributed by atoms with Crippen LogP contribution in [-0.4, -0.2) is 59.2 Å². The van der Waals surface area contributed by atoms with Gasteiger partial charge < -0.3 is 25.0 Å². The molecular formula is C13H17NO6. The van der Waals surface area contributed by atoms with E-state index in [1.807, 2.05) is 12.2 Å². The largest absolute Gasteiger partial charge is 0.481 e. The minimum absolute atomic E-state index is 0.271. The maximum atomic E-state index is 11.4. The van der Waals surface area contributed by atoms with E-state index in [0.29, 0.717) is 13.2 Å². The van der Waals surface area contributed by atoms with Gasteiger partial charge in [0.15, 0.2) is 0 Å². The normalized spacial score (nSPS) is 42.8. The van der Waals surface area contributed by atoms with Crippen LogP contribution in [-0.2, 0) is 19.1 Å². The summed E-state index contributed by atoms with van der Waals surface area (Å²) >= 11 is 0. The molecular weight excluding hydrogens is 266 g/mol. The molecule has 5 atom stereocenters. The number of fused-ring (bicyclic) bond motifs is 3. The number of hydrogen-bond donors (Lipinski definition) is 3. The van der Waals surface area contributed by atoms with Crippen LogP contribution >= 0.6 is 0 Å². The molecule has 7 nitrogen and oxygen atoms in total. The second kappa shape index (κ2) is 4.83. The summed E-state index contributed by atoms with van der Waals surface area (Å²) in [4.78, 5) is 22.6. The van der Waals surface area contributed by atoms with E-state index in [4.69, 9.17) is 14.6 Å². The first-order valence-corrected chi connectivity index (χ1v) is 6.68. The minimum atomic E-state index is -1.24. The van der Waals surface area contributed by atoms with Crippen LogP contribution in [0.4, 0.5) is 0 Å². The summed E-state index contributed by atoms with van der Waals surface area (Å²) in [6.07, 6.45) is 3.58. The van der Waals surface area contributed by atoms with Crippen LogP contribution in [0.25, 0.3) is 0 Å². The zero-order valence-corrected chi connectivity index (χ0v) is 10.8. The molecule has 0 bridgehead atoms. The molecule has 0 unspecified atom stereocenters. The van der Waals surface area contributed by atoms with E-state index in [0.717, 1.165) is 6.42 Å². The van der Waals surface area contributed by atoms with Crippen LogP contribution in [0, 0.1) is 5.92 Å². The molecule has 3 aliphatic rings. The van der Waals surface area contributed by atoms with Crippen molar-refractivity contribution >= 4 is 11.9 Å². The molecule has 0 aromatic carbocycles. The molecule has 0 aromatic rings. The van der Waals surface area contributed by atoms with Gasteiger partial charge in [-0.2, -0.15) is 0 Å². The Kier molecular flexibility index (Phi) is 3.27. The molecule has 0 aromatic heterocycles. The lowest BCUT2D eigenvalue weighted by molar-refractivity contribution is -0.155. The van der Waals surface area contributed by atoms with Gasteiger partial charge in [-0.15, -0.1) is 0 Å². The maximum Gasteiger partial charge on any atom is 0.323 e. The molecule has 3 N–H and O–H groups in total. The highest BCUT2D eigenvalue weighted by molar-refractivity contribution is 5.79. The van der Waals surface area contributed by atoms with Crippen molar-refractivity contribution in [1.82, 2.24) is 5.32 Å². The van der Waals surface area contributed by atoms with Crippen molar-refractivity contribution in [2.24, 2.45) is 5.92 Å². The Balaban J connectivity index is 1.97. The first-order chi connectivity index (χ1) is 9.54. The summed E-state index contributed by atoms with van der Waals surface area (Å²) in [7, 11) is 0. The van der Waals surface area contributed by atoms with Crippen molar-refractivity contribution < 1.29 is 29.3 Å². The molecule has 110 valence electrons. The number of rotatable bonds is 3. The first kappa shape index (κ1) is 13.5. The molecule has 2 fully saturated rings. The molecule has 0 saturated carbocycles. The molecule has 0 radical (unpaired) electrons. The third-order valence-electron chi connectivity index (χ3n) is 4.33. The van der Waals surface area contributed by atoms with Crippen LogP contribution in [0.2, 0.25) is 0 Å². The zero-order chi connectivity index (χ0) is 14.3. The summed E-state index contributed by atoms with van der Waals surface area (Å²) < 4.78 is 11.7. The van der Waals surface area contributed by atoms with Crippen molar-refractivity contribution in [3.05, 3.63) is 12.2 Å². The lowest BCUT2D eigenvalue weighted by Crippen LogP contribution is -2.52. The molecule has 7 heteroatoms. The summed E-state index contributed by atoms with van der Waals surface area (Å²) in [5.41, 5.74) is -1.24. The Morgan fingerprint density at radius 2 is 2.20 bits per heavy atom. The van der Waals surface area contributed by atoms with Gasteiger partial charge in [-0.1, -0.05) is 12.2 Å². The third-order valence-corrected chi connectivity index (χ3v) is 4.33. The summed E-state index contributed by atoms with van der Waals surface area (Å²) in [6.45, 7) is 0.928. The van der Waals surface area contributed by atoms with Gasteiger partial charge in [0, 0.05) is 12.5 Å². The van der Waals surface area contributed by atoms with Crippen LogP contribution in [0.3, 0.4) is 0 Å². The molecule has 0 amide bonds. The van der Waals surface area contributed by atoms with Crippen molar-refractivity contribution in [2.75, 3.05) is 13.2 Å². The molecule has 2 saturated heterocycles. The molecule has 20 heavy (non-hydrogen) atoms. The third kappa shape index (κ3) is 1.93. The molecule has 3 aliphatic heterocycles. The Labute approximate surface area is 115 Å². The highest BCUT2D eigenvalue weighted by Gasteiger charge is 2.65. The average molecular weight is 283 g/mol. The van der Waals surface area contributed by atoms with Gasteiger partial charge in [0.25, 0.3) is 0 Å². The van der Waals surface area contributed by atoms with Gasteiger partial charge in [-0.05, 0) is 6.42 Å². The Hall–Kier alpha value is -1.44. The van der Waals surface area contributed by atoms with Gasteiger partial charge >= 0.3 is 11.9 Å². The summed E-state index contributed by atoms with van der Waals surface area (Å²) in [6, 6.07) is -1.02. The highest BCUT2D eigenvalue weighted by atomic mass is 16.6. The van der Waals surface area contributed by atoms with Crippen LogP contribution in [0.1, 0.15) is 12.8 Å². The fraction of sp³-hybridized carbons (Fsp3) is 0.692. The van der Waals surface area contributed by atoms with Gasteiger partial charge in [-0.3, -0.25) is 9.59 Å². The molecule has 0 spiro atoms. The zero-order valence-electron chi connectivity index (χ0n) is 10.8. The van der Waals surface area contributed by atoms with Crippen molar-refractivity contribution in [2.45, 2.75) is 36.7 Å². The van der Waals surface area contributed by atoms with Crippen molar-refractivity contribution in [3.63, 3.8) is 0 Å². The van der Waals surface area contributed by atoms with Crippen LogP contribution < -0.4 is 5.32 Å². The number of carboxylic acid groups (broad SMARTS) is 2. The van der Waals surface area contributed by atoms with Crippen molar-refractivity contribution in [1.29, 1.82) is 0 Å². The Morgan fingerprint density at radius 3 is 2.90 bits per heavy atom. The highest BCUT2D eigenvalue weighted by Crippen LogP contribution is 2.47. The number of carbonyl (C=O) groups is 2. The van der Waals surface area contributed by atoms with Gasteiger partial charge in [0.2, 0.25) is 0 Å². The lowest BCUT2D eigenvalue weighted by Gasteiger charge is -2.30. The van der Waals surface area contributed by atoms with E-state index in [1.54, 1.807) is 0 Å². The summed E-state index contributed by atoms with van der Waals surface area (Å²) in [5.74, 6) is -2.42. The topological polar surface area (TPSA) is 105 Å². The van der Waals surface area contributed by atoms with E-state index in [2.05, 4.69) is 5.32 Å². The van der Waals surface area contributed by atoms with E-state index >= 15 is 0 Å². The quantitative estimate of drug-likeness (QED) is 0.606. The van der Waals surface area contributed by atoms with Crippen LogP contribution in [0.15, 0.2) is 12.2 Å². The second-order valence-electron chi connectivity index (χ2n) is 5.45. The van der Waals surface area contributed by atoms with E-state index in [-0.39, 0.29) is 24.5 Å². The predicted molar refractivity (Wildman–Crippen MR) is 66.3 cm³/mol. The SMILES string of the molecule is O=C(O)C[C@@]12O[C@H]3C=CCCO[C@H]3[C@@H]1CN[C@H]2C(=O)O. The first-order valence-electron chi connectivity index (χ1n) is 6.68. The van der Waals surface area contributed by atoms with E-state index in [9.17, 15) is 14.7 Å². The maximum absolute atomic E-state index is 11.4. The fourth-order valence-corrected chi connectivity index (χ4v) is 3.57. The number of hydrogen-bond acceptors (Lipinski definition) is 5. The van der Waals surface area contributed by atoms with E-state index in [1.165, 1.54) is 0 Å². The summed E-state index contributed by atoms with van der Waals surface area (Å²) in [5, 5.41) is 21.3. The number of ether oxygens (including phenoxy) is 2. The number of aliphatic carboxylic acids is 2. The molecule has 3 heterocycles.